The van der Waals surface area contributed by atoms with Gasteiger partial charge in [-0.1, -0.05) is 6.07 Å². The molecule has 0 saturated carbocycles. The Balaban J connectivity index is 2.41. The smallest absolute Gasteiger partial charge is 0.148 e. The third-order valence-electron chi connectivity index (χ3n) is 2.97. The number of nitrogens with two attached hydrogens (primary N) is 1. The Morgan fingerprint density at radius 3 is 2.56 bits per heavy atom. The fraction of sp³-hybridized carbons (Fsp3) is 0.462. The van der Waals surface area contributed by atoms with Gasteiger partial charge in [0, 0.05) is 17.4 Å². The molecule has 0 bridgehead atoms. The van der Waals surface area contributed by atoms with E-state index in [-0.39, 0.29) is 12.1 Å². The number of aryl methyl sites for hydroxylation is 2. The van der Waals surface area contributed by atoms with Gasteiger partial charge in [0.05, 0.1) is 6.04 Å². The summed E-state index contributed by atoms with van der Waals surface area (Å²) in [5.74, 6) is 0.777. The fourth-order valence-corrected chi connectivity index (χ4v) is 2.04. The molecule has 1 unspecified atom stereocenters. The minimum absolute atomic E-state index is 0.243. The van der Waals surface area contributed by atoms with Crippen LogP contribution >= 0.6 is 0 Å². The van der Waals surface area contributed by atoms with Crippen molar-refractivity contribution >= 4 is 0 Å². The number of rotatable bonds is 3. The molecule has 0 aliphatic carbocycles. The molecule has 0 fully saturated rings. The largest absolute Gasteiger partial charge is 0.318 e. The zero-order chi connectivity index (χ0) is 13.3. The highest BCUT2D eigenvalue weighted by atomic mass is 15.4. The molecule has 5 nitrogen and oxygen atoms in total. The van der Waals surface area contributed by atoms with Crippen molar-refractivity contribution < 1.29 is 0 Å². The van der Waals surface area contributed by atoms with Crippen molar-refractivity contribution in [2.24, 2.45) is 5.73 Å². The molecule has 2 heterocycles. The SMILES string of the molecule is Cc1ccc(C(N)c2ncnn2C(C)C)c(C)n1. The Morgan fingerprint density at radius 1 is 1.22 bits per heavy atom. The van der Waals surface area contributed by atoms with Gasteiger partial charge in [0.1, 0.15) is 12.2 Å². The molecule has 2 aromatic rings. The third-order valence-corrected chi connectivity index (χ3v) is 2.97. The first kappa shape index (κ1) is 12.7. The Kier molecular flexibility index (Phi) is 3.43. The van der Waals surface area contributed by atoms with Gasteiger partial charge < -0.3 is 5.73 Å². The second-order valence-electron chi connectivity index (χ2n) is 4.76. The summed E-state index contributed by atoms with van der Waals surface area (Å²) in [5.41, 5.74) is 9.22. The van der Waals surface area contributed by atoms with Crippen molar-refractivity contribution in [1.82, 2.24) is 19.7 Å². The Labute approximate surface area is 107 Å². The molecule has 2 aromatic heterocycles. The Morgan fingerprint density at radius 2 is 1.94 bits per heavy atom. The molecule has 0 aliphatic heterocycles. The first-order valence-electron chi connectivity index (χ1n) is 6.10. The minimum atomic E-state index is -0.289. The van der Waals surface area contributed by atoms with E-state index in [2.05, 4.69) is 28.9 Å². The van der Waals surface area contributed by atoms with Crippen molar-refractivity contribution in [2.45, 2.75) is 39.8 Å². The summed E-state index contributed by atoms with van der Waals surface area (Å²) in [6, 6.07) is 3.94. The van der Waals surface area contributed by atoms with Gasteiger partial charge in [0.15, 0.2) is 0 Å². The van der Waals surface area contributed by atoms with Crippen molar-refractivity contribution in [3.8, 4) is 0 Å². The van der Waals surface area contributed by atoms with Crippen LogP contribution in [0.15, 0.2) is 18.5 Å². The van der Waals surface area contributed by atoms with Crippen LogP contribution in [0.4, 0.5) is 0 Å². The summed E-state index contributed by atoms with van der Waals surface area (Å²) < 4.78 is 1.85. The van der Waals surface area contributed by atoms with Crippen LogP contribution in [0, 0.1) is 13.8 Å². The molecule has 2 rings (SSSR count). The maximum Gasteiger partial charge on any atom is 0.148 e. The van der Waals surface area contributed by atoms with E-state index >= 15 is 0 Å². The number of aromatic nitrogens is 4. The van der Waals surface area contributed by atoms with Gasteiger partial charge in [-0.25, -0.2) is 9.67 Å². The Bertz CT molecular complexity index is 544. The zero-order valence-electron chi connectivity index (χ0n) is 11.3. The monoisotopic (exact) mass is 245 g/mol. The average Bonchev–Trinajstić information content (AvgIpc) is 2.77. The van der Waals surface area contributed by atoms with E-state index in [0.717, 1.165) is 22.8 Å². The minimum Gasteiger partial charge on any atom is -0.318 e. The lowest BCUT2D eigenvalue weighted by Crippen LogP contribution is -2.21. The molecule has 18 heavy (non-hydrogen) atoms. The van der Waals surface area contributed by atoms with Crippen LogP contribution in [-0.4, -0.2) is 19.7 Å². The van der Waals surface area contributed by atoms with Crippen molar-refractivity contribution in [3.05, 3.63) is 41.2 Å². The molecule has 2 N–H and O–H groups in total. The highest BCUT2D eigenvalue weighted by molar-refractivity contribution is 5.29. The van der Waals surface area contributed by atoms with Gasteiger partial charge in [-0.2, -0.15) is 5.10 Å². The van der Waals surface area contributed by atoms with Crippen LogP contribution in [0.5, 0.6) is 0 Å². The lowest BCUT2D eigenvalue weighted by atomic mass is 10.0. The summed E-state index contributed by atoms with van der Waals surface area (Å²) in [4.78, 5) is 8.72. The van der Waals surface area contributed by atoms with E-state index in [4.69, 9.17) is 5.73 Å². The van der Waals surface area contributed by atoms with Crippen LogP contribution in [0.1, 0.15) is 48.7 Å². The summed E-state index contributed by atoms with van der Waals surface area (Å²) in [6.07, 6.45) is 1.55. The highest BCUT2D eigenvalue weighted by Gasteiger charge is 2.19. The standard InChI is InChI=1S/C13H19N5/c1-8(2)18-13(15-7-16-18)12(14)11-6-5-9(3)17-10(11)4/h5-8,12H,14H2,1-4H3. The molecule has 0 saturated heterocycles. The van der Waals surface area contributed by atoms with Crippen LogP contribution in [0.3, 0.4) is 0 Å². The predicted octanol–water partition coefficient (Wildman–Crippen LogP) is 1.92. The van der Waals surface area contributed by atoms with E-state index in [1.165, 1.54) is 0 Å². The lowest BCUT2D eigenvalue weighted by molar-refractivity contribution is 0.493. The van der Waals surface area contributed by atoms with E-state index in [0.29, 0.717) is 0 Å². The summed E-state index contributed by atoms with van der Waals surface area (Å²) in [5, 5.41) is 4.21. The van der Waals surface area contributed by atoms with Gasteiger partial charge in [-0.05, 0) is 39.3 Å². The molecule has 5 heteroatoms. The van der Waals surface area contributed by atoms with E-state index in [9.17, 15) is 0 Å². The van der Waals surface area contributed by atoms with Crippen LogP contribution in [0.2, 0.25) is 0 Å². The second-order valence-corrected chi connectivity index (χ2v) is 4.76. The summed E-state index contributed by atoms with van der Waals surface area (Å²) in [7, 11) is 0. The summed E-state index contributed by atoms with van der Waals surface area (Å²) >= 11 is 0. The molecule has 1 atom stereocenters. The van der Waals surface area contributed by atoms with Crippen molar-refractivity contribution in [1.29, 1.82) is 0 Å². The molecule has 0 amide bonds. The van der Waals surface area contributed by atoms with Crippen LogP contribution in [-0.2, 0) is 0 Å². The quantitative estimate of drug-likeness (QED) is 0.897. The normalized spacial score (nSPS) is 13.0. The van der Waals surface area contributed by atoms with Crippen molar-refractivity contribution in [3.63, 3.8) is 0 Å². The van der Waals surface area contributed by atoms with Gasteiger partial charge >= 0.3 is 0 Å². The van der Waals surface area contributed by atoms with E-state index in [1.54, 1.807) is 6.33 Å². The molecular formula is C13H19N5. The number of hydrogen-bond acceptors (Lipinski definition) is 4. The summed E-state index contributed by atoms with van der Waals surface area (Å²) in [6.45, 7) is 8.06. The van der Waals surface area contributed by atoms with Gasteiger partial charge in [0.25, 0.3) is 0 Å². The van der Waals surface area contributed by atoms with Crippen LogP contribution < -0.4 is 5.73 Å². The van der Waals surface area contributed by atoms with E-state index in [1.807, 2.05) is 30.7 Å². The highest BCUT2D eigenvalue weighted by Crippen LogP contribution is 2.21. The predicted molar refractivity (Wildman–Crippen MR) is 70.1 cm³/mol. The molecule has 0 aliphatic rings. The Hall–Kier alpha value is -1.75. The fourth-order valence-electron chi connectivity index (χ4n) is 2.04. The first-order chi connectivity index (χ1) is 8.50. The molecule has 0 spiro atoms. The van der Waals surface area contributed by atoms with Gasteiger partial charge in [-0.15, -0.1) is 0 Å². The molecule has 0 radical (unpaired) electrons. The second kappa shape index (κ2) is 4.86. The van der Waals surface area contributed by atoms with Crippen molar-refractivity contribution in [2.75, 3.05) is 0 Å². The topological polar surface area (TPSA) is 69.6 Å². The number of pyridine rings is 1. The number of hydrogen-bond donors (Lipinski definition) is 1. The first-order valence-corrected chi connectivity index (χ1v) is 6.10. The zero-order valence-corrected chi connectivity index (χ0v) is 11.3. The average molecular weight is 245 g/mol. The molecule has 0 aromatic carbocycles. The third kappa shape index (κ3) is 2.26. The maximum atomic E-state index is 6.29. The van der Waals surface area contributed by atoms with Gasteiger partial charge in [-0.3, -0.25) is 4.98 Å². The lowest BCUT2D eigenvalue weighted by Gasteiger charge is -2.17. The van der Waals surface area contributed by atoms with Gasteiger partial charge in [0.2, 0.25) is 0 Å². The van der Waals surface area contributed by atoms with E-state index < -0.39 is 0 Å². The maximum absolute atomic E-state index is 6.29. The molecule has 96 valence electrons. The molecular weight excluding hydrogens is 226 g/mol. The number of nitrogens with zero attached hydrogens (tertiary/aromatic N) is 4. The van der Waals surface area contributed by atoms with Crippen LogP contribution in [0.25, 0.3) is 0 Å².